The van der Waals surface area contributed by atoms with Gasteiger partial charge in [-0.2, -0.15) is 0 Å². The van der Waals surface area contributed by atoms with Crippen LogP contribution in [0.2, 0.25) is 0 Å². The molecule has 0 aliphatic carbocycles. The van der Waals surface area contributed by atoms with Crippen LogP contribution in [0, 0.1) is 16.4 Å². The Balaban J connectivity index is 1.45. The van der Waals surface area contributed by atoms with E-state index in [0.29, 0.717) is 30.6 Å². The molecule has 10 heteroatoms. The lowest BCUT2D eigenvalue weighted by Gasteiger charge is -2.30. The molecule has 5 nitrogen and oxygen atoms in total. The van der Waals surface area contributed by atoms with E-state index >= 15 is 0 Å². The van der Waals surface area contributed by atoms with Gasteiger partial charge in [0, 0.05) is 48.6 Å². The molecule has 164 valence electrons. The lowest BCUT2D eigenvalue weighted by molar-refractivity contribution is 0.232. The van der Waals surface area contributed by atoms with Gasteiger partial charge in [-0.3, -0.25) is 0 Å². The van der Waals surface area contributed by atoms with Crippen molar-refractivity contribution in [2.24, 2.45) is 0 Å². The molecule has 0 unspecified atom stereocenters. The highest BCUT2D eigenvalue weighted by atomic mass is 79.9. The van der Waals surface area contributed by atoms with Crippen molar-refractivity contribution in [2.75, 3.05) is 25.9 Å². The van der Waals surface area contributed by atoms with Crippen LogP contribution >= 0.6 is 28.1 Å². The number of nitrogens with zero attached hydrogens (tertiary/aromatic N) is 2. The SMILES string of the molecule is CS(=O)(=O)C1CCN(CCc2[nH]c(=S)n3c2C[C@H](c2c(F)ccc(Br)c2F)C3)CC1. The number of nitrogens with one attached hydrogen (secondary N) is 1. The van der Waals surface area contributed by atoms with E-state index in [4.69, 9.17) is 12.2 Å². The summed E-state index contributed by atoms with van der Waals surface area (Å²) in [6, 6.07) is 2.67. The zero-order valence-corrected chi connectivity index (χ0v) is 19.8. The van der Waals surface area contributed by atoms with Crippen LogP contribution in [-0.2, 0) is 29.2 Å². The highest BCUT2D eigenvalue weighted by molar-refractivity contribution is 9.10. The first-order valence-electron chi connectivity index (χ1n) is 10.00. The van der Waals surface area contributed by atoms with E-state index in [0.717, 1.165) is 37.4 Å². The predicted molar refractivity (Wildman–Crippen MR) is 118 cm³/mol. The normalized spacial score (nSPS) is 20.6. The minimum Gasteiger partial charge on any atom is -0.334 e. The Bertz CT molecular complexity index is 1120. The summed E-state index contributed by atoms with van der Waals surface area (Å²) in [5.41, 5.74) is 2.12. The summed E-state index contributed by atoms with van der Waals surface area (Å²) in [5.74, 6) is -1.37. The summed E-state index contributed by atoms with van der Waals surface area (Å²) in [7, 11) is -2.98. The summed E-state index contributed by atoms with van der Waals surface area (Å²) in [5, 5.41) is -0.242. The van der Waals surface area contributed by atoms with Crippen LogP contribution in [0.25, 0.3) is 0 Å². The maximum Gasteiger partial charge on any atom is 0.177 e. The first kappa shape index (κ1) is 22.1. The number of aromatic amines is 1. The third kappa shape index (κ3) is 4.28. The van der Waals surface area contributed by atoms with Gasteiger partial charge >= 0.3 is 0 Å². The Labute approximate surface area is 188 Å². The zero-order valence-electron chi connectivity index (χ0n) is 16.6. The molecule has 3 heterocycles. The number of fused-ring (bicyclic) bond motifs is 1. The van der Waals surface area contributed by atoms with E-state index in [1.54, 1.807) is 0 Å². The minimum atomic E-state index is -2.98. The summed E-state index contributed by atoms with van der Waals surface area (Å²) < 4.78 is 55.2. The molecule has 1 atom stereocenters. The molecule has 2 aliphatic rings. The van der Waals surface area contributed by atoms with Crippen LogP contribution in [0.5, 0.6) is 0 Å². The second-order valence-electron chi connectivity index (χ2n) is 8.24. The Morgan fingerprint density at radius 2 is 1.97 bits per heavy atom. The van der Waals surface area contributed by atoms with Crippen molar-refractivity contribution in [3.8, 4) is 0 Å². The van der Waals surface area contributed by atoms with E-state index in [1.807, 2.05) is 4.57 Å². The summed E-state index contributed by atoms with van der Waals surface area (Å²) >= 11 is 8.60. The van der Waals surface area contributed by atoms with Gasteiger partial charge in [-0.15, -0.1) is 0 Å². The standard InChI is InChI=1S/C20H24BrF2N3O2S2/c1-30(27,28)13-4-7-25(8-5-13)9-6-16-17-10-12(11-26(17)20(29)24-16)18-15(22)3-2-14(21)19(18)23/h2-3,12-13H,4-11H2,1H3,(H,24,29)/t12-/m0/s1. The van der Waals surface area contributed by atoms with Crippen molar-refractivity contribution in [3.63, 3.8) is 0 Å². The van der Waals surface area contributed by atoms with Gasteiger partial charge in [-0.1, -0.05) is 0 Å². The number of hydrogen-bond acceptors (Lipinski definition) is 4. The number of imidazole rings is 1. The number of hydrogen-bond donors (Lipinski definition) is 1. The average Bonchev–Trinajstić information content (AvgIpc) is 3.24. The lowest BCUT2D eigenvalue weighted by atomic mass is 9.95. The second kappa shape index (κ2) is 8.44. The van der Waals surface area contributed by atoms with E-state index in [-0.39, 0.29) is 21.2 Å². The number of piperidine rings is 1. The molecule has 2 aromatic rings. The van der Waals surface area contributed by atoms with E-state index in [2.05, 4.69) is 25.8 Å². The smallest absolute Gasteiger partial charge is 0.177 e. The minimum absolute atomic E-state index is 0.108. The van der Waals surface area contributed by atoms with Crippen molar-refractivity contribution in [1.82, 2.24) is 14.5 Å². The van der Waals surface area contributed by atoms with Crippen molar-refractivity contribution >= 4 is 38.0 Å². The van der Waals surface area contributed by atoms with Gasteiger partial charge in [-0.25, -0.2) is 17.2 Å². The van der Waals surface area contributed by atoms with Gasteiger partial charge in [-0.05, 0) is 72.6 Å². The van der Waals surface area contributed by atoms with Crippen molar-refractivity contribution in [1.29, 1.82) is 0 Å². The van der Waals surface area contributed by atoms with Crippen LogP contribution in [0.1, 0.15) is 35.7 Å². The van der Waals surface area contributed by atoms with Crippen molar-refractivity contribution < 1.29 is 17.2 Å². The van der Waals surface area contributed by atoms with Gasteiger partial charge in [0.2, 0.25) is 0 Å². The number of aromatic nitrogens is 2. The monoisotopic (exact) mass is 519 g/mol. The maximum absolute atomic E-state index is 14.6. The lowest BCUT2D eigenvalue weighted by Crippen LogP contribution is -2.39. The molecule has 1 fully saturated rings. The zero-order chi connectivity index (χ0) is 21.6. The molecule has 0 spiro atoms. The fourth-order valence-corrected chi connectivity index (χ4v) is 6.37. The van der Waals surface area contributed by atoms with Crippen LogP contribution < -0.4 is 0 Å². The molecule has 1 aromatic heterocycles. The molecule has 1 N–H and O–H groups in total. The van der Waals surface area contributed by atoms with Crippen LogP contribution in [0.4, 0.5) is 8.78 Å². The molecule has 0 radical (unpaired) electrons. The Morgan fingerprint density at radius 3 is 2.63 bits per heavy atom. The number of rotatable bonds is 5. The first-order chi connectivity index (χ1) is 14.1. The van der Waals surface area contributed by atoms with Crippen molar-refractivity contribution in [3.05, 3.63) is 50.0 Å². The molecule has 4 rings (SSSR count). The highest BCUT2D eigenvalue weighted by Crippen LogP contribution is 2.36. The molecule has 0 amide bonds. The van der Waals surface area contributed by atoms with Gasteiger partial charge in [0.1, 0.15) is 21.5 Å². The molecular formula is C20H24BrF2N3O2S2. The largest absolute Gasteiger partial charge is 0.334 e. The number of benzene rings is 1. The van der Waals surface area contributed by atoms with Gasteiger partial charge in [0.05, 0.1) is 9.72 Å². The van der Waals surface area contributed by atoms with Crippen LogP contribution in [0.3, 0.4) is 0 Å². The number of sulfone groups is 1. The highest BCUT2D eigenvalue weighted by Gasteiger charge is 2.32. The summed E-state index contributed by atoms with van der Waals surface area (Å²) in [4.78, 5) is 5.53. The average molecular weight is 520 g/mol. The summed E-state index contributed by atoms with van der Waals surface area (Å²) in [6.45, 7) is 2.76. The van der Waals surface area contributed by atoms with Gasteiger partial charge in [0.15, 0.2) is 4.77 Å². The molecule has 30 heavy (non-hydrogen) atoms. The Hall–Kier alpha value is -1.10. The van der Waals surface area contributed by atoms with Crippen LogP contribution in [-0.4, -0.2) is 54.0 Å². The Morgan fingerprint density at radius 1 is 1.27 bits per heavy atom. The topological polar surface area (TPSA) is 58.1 Å². The second-order valence-corrected chi connectivity index (χ2v) is 11.8. The maximum atomic E-state index is 14.6. The third-order valence-electron chi connectivity index (χ3n) is 6.33. The van der Waals surface area contributed by atoms with Gasteiger partial charge in [0.25, 0.3) is 0 Å². The quantitative estimate of drug-likeness (QED) is 0.479. The van der Waals surface area contributed by atoms with E-state index < -0.39 is 21.5 Å². The molecular weight excluding hydrogens is 496 g/mol. The molecule has 2 aliphatic heterocycles. The van der Waals surface area contributed by atoms with E-state index in [1.165, 1.54) is 18.4 Å². The fourth-order valence-electron chi connectivity index (χ4n) is 4.65. The number of likely N-dealkylation sites (tertiary alicyclic amines) is 1. The number of halogens is 3. The molecule has 0 bridgehead atoms. The molecule has 1 aromatic carbocycles. The fraction of sp³-hybridized carbons (Fsp3) is 0.550. The molecule has 1 saturated heterocycles. The summed E-state index contributed by atoms with van der Waals surface area (Å²) in [6.07, 6.45) is 3.90. The number of H-pyrrole nitrogens is 1. The Kier molecular flexibility index (Phi) is 6.22. The van der Waals surface area contributed by atoms with Crippen LogP contribution in [0.15, 0.2) is 16.6 Å². The third-order valence-corrected chi connectivity index (χ3v) is 8.94. The van der Waals surface area contributed by atoms with Crippen molar-refractivity contribution in [2.45, 2.75) is 43.4 Å². The predicted octanol–water partition coefficient (Wildman–Crippen LogP) is 3.98. The van der Waals surface area contributed by atoms with Gasteiger partial charge < -0.3 is 14.5 Å². The first-order valence-corrected chi connectivity index (χ1v) is 13.2. The molecule has 0 saturated carbocycles. The van der Waals surface area contributed by atoms with E-state index in [9.17, 15) is 17.2 Å².